The zero-order valence-electron chi connectivity index (χ0n) is 18.7. The molecular formula is C19H33N9O5. The Hall–Kier alpha value is -3.68. The van der Waals surface area contributed by atoms with E-state index in [4.69, 9.17) is 17.2 Å². The lowest BCUT2D eigenvalue weighted by Gasteiger charge is -2.24. The van der Waals surface area contributed by atoms with E-state index in [1.807, 2.05) is 0 Å². The van der Waals surface area contributed by atoms with Gasteiger partial charge in [0, 0.05) is 24.9 Å². The Morgan fingerprint density at radius 3 is 2.42 bits per heavy atom. The van der Waals surface area contributed by atoms with E-state index in [2.05, 4.69) is 30.9 Å². The molecule has 0 spiro atoms. The van der Waals surface area contributed by atoms with E-state index in [9.17, 15) is 24.3 Å². The number of imidazole rings is 1. The summed E-state index contributed by atoms with van der Waals surface area (Å²) in [5.41, 5.74) is 16.7. The summed E-state index contributed by atoms with van der Waals surface area (Å²) in [4.78, 5) is 58.9. The predicted molar refractivity (Wildman–Crippen MR) is 120 cm³/mol. The van der Waals surface area contributed by atoms with E-state index in [1.165, 1.54) is 12.5 Å². The van der Waals surface area contributed by atoms with E-state index in [0.29, 0.717) is 25.1 Å². The number of aromatic amines is 1. The van der Waals surface area contributed by atoms with Gasteiger partial charge < -0.3 is 43.2 Å². The first-order valence-electron chi connectivity index (χ1n) is 10.4. The molecule has 0 fully saturated rings. The standard InChI is InChI=1S/C19H33N9O5/c1-10(2)15(17(31)27-13(18(32)33)6-11-7-23-9-26-11)28-14(29)8-25-16(30)12(20)4-3-5-24-19(21)22/h7,9-10,12-13,15H,3-6,8,20H2,1-2H3,(H,23,26)(H,25,30)(H,27,31)(H,28,29)(H,32,33)(H4,21,22,24)/t12-,13-,15-/m0/s1. The van der Waals surface area contributed by atoms with Crippen LogP contribution in [0, 0.1) is 5.92 Å². The summed E-state index contributed by atoms with van der Waals surface area (Å²) in [6.07, 6.45) is 3.65. The van der Waals surface area contributed by atoms with Crippen LogP contribution in [0.2, 0.25) is 0 Å². The van der Waals surface area contributed by atoms with Gasteiger partial charge in [-0.25, -0.2) is 9.78 Å². The molecule has 3 atom stereocenters. The van der Waals surface area contributed by atoms with Crippen LogP contribution < -0.4 is 33.2 Å². The van der Waals surface area contributed by atoms with Crippen LogP contribution >= 0.6 is 0 Å². The summed E-state index contributed by atoms with van der Waals surface area (Å²) in [5, 5.41) is 16.8. The number of aliphatic carboxylic acids is 1. The summed E-state index contributed by atoms with van der Waals surface area (Å²) in [6.45, 7) is 3.32. The van der Waals surface area contributed by atoms with Crippen LogP contribution in [0.25, 0.3) is 0 Å². The Morgan fingerprint density at radius 2 is 1.88 bits per heavy atom. The predicted octanol–water partition coefficient (Wildman–Crippen LogP) is -2.84. The third-order valence-electron chi connectivity index (χ3n) is 4.59. The second-order valence-corrected chi connectivity index (χ2v) is 7.74. The number of hydrogen-bond acceptors (Lipinski definition) is 7. The molecule has 0 radical (unpaired) electrons. The molecule has 0 aromatic carbocycles. The van der Waals surface area contributed by atoms with E-state index in [0.717, 1.165) is 0 Å². The quantitative estimate of drug-likeness (QED) is 0.0796. The zero-order chi connectivity index (χ0) is 25.0. The maximum atomic E-state index is 12.7. The van der Waals surface area contributed by atoms with Crippen molar-refractivity contribution in [3.63, 3.8) is 0 Å². The molecule has 11 N–H and O–H groups in total. The van der Waals surface area contributed by atoms with E-state index in [1.54, 1.807) is 13.8 Å². The number of aromatic nitrogens is 2. The van der Waals surface area contributed by atoms with Gasteiger partial charge in [0.15, 0.2) is 5.96 Å². The highest BCUT2D eigenvalue weighted by Crippen LogP contribution is 2.05. The van der Waals surface area contributed by atoms with Crippen LogP contribution in [0.4, 0.5) is 0 Å². The first kappa shape index (κ1) is 27.4. The maximum absolute atomic E-state index is 12.7. The fourth-order valence-electron chi connectivity index (χ4n) is 2.79. The van der Waals surface area contributed by atoms with Gasteiger partial charge in [-0.15, -0.1) is 0 Å². The average molecular weight is 468 g/mol. The van der Waals surface area contributed by atoms with Gasteiger partial charge in [-0.1, -0.05) is 13.8 Å². The van der Waals surface area contributed by atoms with Crippen molar-refractivity contribution in [3.8, 4) is 0 Å². The Morgan fingerprint density at radius 1 is 1.18 bits per heavy atom. The van der Waals surface area contributed by atoms with Gasteiger partial charge in [0.1, 0.15) is 12.1 Å². The Kier molecular flexibility index (Phi) is 11.3. The molecule has 0 aliphatic heterocycles. The summed E-state index contributed by atoms with van der Waals surface area (Å²) in [5.74, 6) is -3.44. The average Bonchev–Trinajstić information content (AvgIpc) is 3.25. The van der Waals surface area contributed by atoms with Crippen molar-refractivity contribution >= 4 is 29.7 Å². The molecule has 14 nitrogen and oxygen atoms in total. The molecule has 1 aromatic rings. The van der Waals surface area contributed by atoms with Crippen molar-refractivity contribution in [2.45, 2.75) is 51.2 Å². The number of H-pyrrole nitrogens is 1. The number of nitrogens with two attached hydrogens (primary N) is 3. The van der Waals surface area contributed by atoms with Crippen LogP contribution in [0.5, 0.6) is 0 Å². The fourth-order valence-corrected chi connectivity index (χ4v) is 2.79. The molecule has 1 aromatic heterocycles. The number of aliphatic imine (C=N–C) groups is 1. The van der Waals surface area contributed by atoms with Gasteiger partial charge in [0.25, 0.3) is 0 Å². The van der Waals surface area contributed by atoms with E-state index >= 15 is 0 Å². The van der Waals surface area contributed by atoms with Gasteiger partial charge in [0.2, 0.25) is 17.7 Å². The topological polar surface area (TPSA) is 244 Å². The van der Waals surface area contributed by atoms with Gasteiger partial charge in [-0.3, -0.25) is 19.4 Å². The van der Waals surface area contributed by atoms with Gasteiger partial charge >= 0.3 is 5.97 Å². The highest BCUT2D eigenvalue weighted by Gasteiger charge is 2.29. The highest BCUT2D eigenvalue weighted by atomic mass is 16.4. The molecule has 0 unspecified atom stereocenters. The van der Waals surface area contributed by atoms with Crippen LogP contribution in [0.1, 0.15) is 32.4 Å². The molecular weight excluding hydrogens is 434 g/mol. The van der Waals surface area contributed by atoms with Crippen molar-refractivity contribution in [1.82, 2.24) is 25.9 Å². The van der Waals surface area contributed by atoms with Crippen molar-refractivity contribution < 1.29 is 24.3 Å². The third-order valence-corrected chi connectivity index (χ3v) is 4.59. The summed E-state index contributed by atoms with van der Waals surface area (Å²) >= 11 is 0. The number of hydrogen-bond donors (Lipinski definition) is 8. The highest BCUT2D eigenvalue weighted by molar-refractivity contribution is 5.92. The van der Waals surface area contributed by atoms with Crippen molar-refractivity contribution in [3.05, 3.63) is 18.2 Å². The number of carbonyl (C=O) groups is 4. The largest absolute Gasteiger partial charge is 0.480 e. The van der Waals surface area contributed by atoms with Gasteiger partial charge in [-0.2, -0.15) is 0 Å². The lowest BCUT2D eigenvalue weighted by atomic mass is 10.0. The molecule has 1 rings (SSSR count). The number of carbonyl (C=O) groups excluding carboxylic acids is 3. The molecule has 0 aliphatic carbocycles. The minimum atomic E-state index is -1.23. The molecule has 0 aliphatic rings. The smallest absolute Gasteiger partial charge is 0.326 e. The van der Waals surface area contributed by atoms with Crippen LogP contribution in [0.3, 0.4) is 0 Å². The van der Waals surface area contributed by atoms with E-state index in [-0.39, 0.29) is 18.3 Å². The minimum absolute atomic E-state index is 0.00301. The SMILES string of the molecule is CC(C)[C@H](NC(=O)CNC(=O)[C@@H](N)CCCN=C(N)N)C(=O)N[C@@H](Cc1cnc[nH]1)C(=O)O. The molecule has 1 heterocycles. The fraction of sp³-hybridized carbons (Fsp3) is 0.579. The Labute approximate surface area is 191 Å². The zero-order valence-corrected chi connectivity index (χ0v) is 18.7. The number of carboxylic acid groups (broad SMARTS) is 1. The number of carboxylic acids is 1. The molecule has 0 saturated carbocycles. The Balaban J connectivity index is 2.56. The second-order valence-electron chi connectivity index (χ2n) is 7.74. The van der Waals surface area contributed by atoms with Gasteiger partial charge in [-0.05, 0) is 18.8 Å². The molecule has 33 heavy (non-hydrogen) atoms. The lowest BCUT2D eigenvalue weighted by molar-refractivity contribution is -0.142. The lowest BCUT2D eigenvalue weighted by Crippen LogP contribution is -2.55. The van der Waals surface area contributed by atoms with Crippen LogP contribution in [-0.4, -0.2) is 75.9 Å². The monoisotopic (exact) mass is 467 g/mol. The number of rotatable bonds is 14. The summed E-state index contributed by atoms with van der Waals surface area (Å²) in [7, 11) is 0. The Bertz CT molecular complexity index is 822. The number of amides is 3. The minimum Gasteiger partial charge on any atom is -0.480 e. The maximum Gasteiger partial charge on any atom is 0.326 e. The summed E-state index contributed by atoms with van der Waals surface area (Å²) in [6, 6.07) is -3.07. The molecule has 14 heteroatoms. The van der Waals surface area contributed by atoms with E-state index < -0.39 is 48.4 Å². The molecule has 3 amide bonds. The summed E-state index contributed by atoms with van der Waals surface area (Å²) < 4.78 is 0. The number of guanidine groups is 1. The first-order valence-corrected chi connectivity index (χ1v) is 10.4. The molecule has 0 saturated heterocycles. The van der Waals surface area contributed by atoms with Crippen molar-refractivity contribution in [2.75, 3.05) is 13.1 Å². The first-order chi connectivity index (χ1) is 15.5. The van der Waals surface area contributed by atoms with Crippen molar-refractivity contribution in [2.24, 2.45) is 28.1 Å². The van der Waals surface area contributed by atoms with Gasteiger partial charge in [0.05, 0.1) is 18.9 Å². The third kappa shape index (κ3) is 10.5. The normalized spacial score (nSPS) is 13.5. The second kappa shape index (κ2) is 13.7. The number of nitrogens with one attached hydrogen (secondary N) is 4. The van der Waals surface area contributed by atoms with Crippen LogP contribution in [-0.2, 0) is 25.6 Å². The number of nitrogens with zero attached hydrogens (tertiary/aromatic N) is 2. The van der Waals surface area contributed by atoms with Crippen LogP contribution in [0.15, 0.2) is 17.5 Å². The molecule has 184 valence electrons. The van der Waals surface area contributed by atoms with Crippen molar-refractivity contribution in [1.29, 1.82) is 0 Å². The molecule has 0 bridgehead atoms.